The molecule has 0 saturated carbocycles. The van der Waals surface area contributed by atoms with E-state index in [4.69, 9.17) is 0 Å². The Hall–Kier alpha value is 0.422. The summed E-state index contributed by atoms with van der Waals surface area (Å²) < 4.78 is 12.6. The van der Waals surface area contributed by atoms with Crippen molar-refractivity contribution in [3.63, 3.8) is 0 Å². The zero-order valence-corrected chi connectivity index (χ0v) is 6.61. The van der Waals surface area contributed by atoms with Crippen LogP contribution in [-0.2, 0) is 21.7 Å². The van der Waals surface area contributed by atoms with Crippen LogP contribution in [0.5, 0.6) is 0 Å². The zero-order chi connectivity index (χ0) is 6.24. The van der Waals surface area contributed by atoms with Crippen LogP contribution in [0.15, 0.2) is 0 Å². The van der Waals surface area contributed by atoms with Gasteiger partial charge in [0.05, 0.1) is 0 Å². The molecule has 0 unspecified atom stereocenters. The van der Waals surface area contributed by atoms with Gasteiger partial charge < -0.3 is 0 Å². The third-order valence-corrected chi connectivity index (χ3v) is 1.52. The Morgan fingerprint density at radius 2 is 2.25 bits per heavy atom. The Kier molecular flexibility index (Phi) is 7.81. The van der Waals surface area contributed by atoms with E-state index in [2.05, 4.69) is 10.9 Å². The Morgan fingerprint density at radius 3 is 2.75 bits per heavy atom. The van der Waals surface area contributed by atoms with E-state index in [1.807, 2.05) is 0 Å². The first-order valence-corrected chi connectivity index (χ1v) is 4.26. The molecule has 0 spiro atoms. The van der Waals surface area contributed by atoms with Gasteiger partial charge in [-0.05, 0) is 0 Å². The topological polar surface area (TPSA) is 29.1 Å². The van der Waals surface area contributed by atoms with E-state index < -0.39 is 18.2 Å². The van der Waals surface area contributed by atoms with Crippen molar-refractivity contribution in [2.45, 2.75) is 26.2 Å². The van der Waals surface area contributed by atoms with Gasteiger partial charge in [-0.1, -0.05) is 0 Å². The van der Waals surface area contributed by atoms with Crippen LogP contribution in [0.4, 0.5) is 0 Å². The first kappa shape index (κ1) is 8.42. The van der Waals surface area contributed by atoms with Gasteiger partial charge in [0.1, 0.15) is 0 Å². The van der Waals surface area contributed by atoms with Gasteiger partial charge in [-0.25, -0.2) is 0 Å². The summed E-state index contributed by atoms with van der Waals surface area (Å²) in [6.45, 7) is 3.06. The number of unbranched alkanes of at least 4 members (excludes halogenated alkanes) is 2. The SMILES string of the molecule is CCCCC[NH][Pd]=[O]. The standard InChI is InChI=1S/C5H12N.O.Pd/c1-2-3-4-5-6;;/h6H,2-5H2,1H3;;/q-1;;+1. The molecular weight excluding hydrogens is 196 g/mol. The molecule has 3 heteroatoms. The average Bonchev–Trinajstić information content (AvgIpc) is 1.81. The van der Waals surface area contributed by atoms with Crippen molar-refractivity contribution < 1.29 is 21.7 Å². The number of hydrogen-bond donors (Lipinski definition) is 1. The molecule has 2 nitrogen and oxygen atoms in total. The van der Waals surface area contributed by atoms with Crippen LogP contribution in [0.2, 0.25) is 0 Å². The van der Waals surface area contributed by atoms with Crippen LogP contribution in [-0.4, -0.2) is 6.54 Å². The second-order valence-electron chi connectivity index (χ2n) is 1.63. The monoisotopic (exact) mass is 208 g/mol. The van der Waals surface area contributed by atoms with Crippen molar-refractivity contribution in [1.29, 1.82) is 0 Å². The van der Waals surface area contributed by atoms with Crippen molar-refractivity contribution in [3.8, 4) is 0 Å². The zero-order valence-electron chi connectivity index (χ0n) is 5.05. The van der Waals surface area contributed by atoms with E-state index in [1.54, 1.807) is 0 Å². The normalized spacial score (nSPS) is 10.1. The van der Waals surface area contributed by atoms with Crippen LogP contribution >= 0.6 is 0 Å². The third kappa shape index (κ3) is 6.42. The molecule has 0 aliphatic rings. The van der Waals surface area contributed by atoms with E-state index in [0.29, 0.717) is 0 Å². The summed E-state index contributed by atoms with van der Waals surface area (Å²) in [6.07, 6.45) is 3.62. The molecule has 0 aromatic rings. The van der Waals surface area contributed by atoms with E-state index in [0.717, 1.165) is 13.0 Å². The summed E-state index contributed by atoms with van der Waals surface area (Å²) in [7, 11) is 0. The Bertz CT molecular complexity index is 58.4. The number of nitrogens with one attached hydrogen (secondary N) is 1. The van der Waals surface area contributed by atoms with Gasteiger partial charge in [0, 0.05) is 0 Å². The summed E-state index contributed by atoms with van der Waals surface area (Å²) in [4.78, 5) is 0. The minimum atomic E-state index is -0.488. The second-order valence-corrected chi connectivity index (χ2v) is 2.50. The Morgan fingerprint density at radius 1 is 1.50 bits per heavy atom. The van der Waals surface area contributed by atoms with Crippen molar-refractivity contribution in [3.05, 3.63) is 0 Å². The average molecular weight is 209 g/mol. The molecule has 0 aromatic heterocycles. The molecule has 0 aliphatic heterocycles. The van der Waals surface area contributed by atoms with Gasteiger partial charge in [-0.2, -0.15) is 0 Å². The van der Waals surface area contributed by atoms with Crippen molar-refractivity contribution >= 4 is 0 Å². The fourth-order valence-corrected chi connectivity index (χ4v) is 0.897. The van der Waals surface area contributed by atoms with Gasteiger partial charge in [-0.15, -0.1) is 0 Å². The summed E-state index contributed by atoms with van der Waals surface area (Å²) >= 11 is -0.488. The molecule has 8 heavy (non-hydrogen) atoms. The fourth-order valence-electron chi connectivity index (χ4n) is 0.463. The van der Waals surface area contributed by atoms with Crippen LogP contribution in [0, 0.1) is 0 Å². The molecule has 0 rings (SSSR count). The molecule has 0 aromatic carbocycles. The van der Waals surface area contributed by atoms with Crippen molar-refractivity contribution in [2.75, 3.05) is 6.54 Å². The summed E-state index contributed by atoms with van der Waals surface area (Å²) in [5.41, 5.74) is 0. The maximum atomic E-state index is 9.83. The van der Waals surface area contributed by atoms with Gasteiger partial charge >= 0.3 is 58.3 Å². The molecule has 0 saturated heterocycles. The summed E-state index contributed by atoms with van der Waals surface area (Å²) in [5.74, 6) is 0. The molecule has 53 valence electrons. The Labute approximate surface area is 58.8 Å². The van der Waals surface area contributed by atoms with Crippen LogP contribution in [0.3, 0.4) is 0 Å². The van der Waals surface area contributed by atoms with Crippen molar-refractivity contribution in [1.82, 2.24) is 3.95 Å². The quantitative estimate of drug-likeness (QED) is 0.542. The van der Waals surface area contributed by atoms with Crippen LogP contribution in [0.25, 0.3) is 0 Å². The molecule has 0 bridgehead atoms. The third-order valence-electron chi connectivity index (χ3n) is 0.905. The van der Waals surface area contributed by atoms with Crippen LogP contribution < -0.4 is 3.95 Å². The van der Waals surface area contributed by atoms with Gasteiger partial charge in [0.15, 0.2) is 0 Å². The predicted molar refractivity (Wildman–Crippen MR) is 28.2 cm³/mol. The van der Waals surface area contributed by atoms with E-state index >= 15 is 0 Å². The predicted octanol–water partition coefficient (Wildman–Crippen LogP) is 1.11. The molecule has 0 heterocycles. The molecule has 0 fully saturated rings. The molecule has 1 N–H and O–H groups in total. The maximum absolute atomic E-state index is 9.83. The van der Waals surface area contributed by atoms with Crippen LogP contribution in [0.1, 0.15) is 26.2 Å². The first-order valence-electron chi connectivity index (χ1n) is 2.85. The molecule has 0 atom stereocenters. The van der Waals surface area contributed by atoms with Gasteiger partial charge in [0.2, 0.25) is 0 Å². The minimum absolute atomic E-state index is 0.488. The number of hydrogen-bond acceptors (Lipinski definition) is 1. The van der Waals surface area contributed by atoms with Crippen molar-refractivity contribution in [2.24, 2.45) is 0 Å². The van der Waals surface area contributed by atoms with E-state index in [1.165, 1.54) is 12.8 Å². The molecular formula is C5H12NOPd. The molecule has 0 amide bonds. The summed E-state index contributed by atoms with van der Waals surface area (Å²) in [6, 6.07) is 0. The fraction of sp³-hybridized carbons (Fsp3) is 1.00. The summed E-state index contributed by atoms with van der Waals surface area (Å²) in [5, 5.41) is 0. The first-order chi connectivity index (χ1) is 3.91. The second kappa shape index (κ2) is 7.42. The Balaban J connectivity index is 2.62. The molecule has 0 aliphatic carbocycles. The van der Waals surface area contributed by atoms with E-state index in [9.17, 15) is 3.47 Å². The van der Waals surface area contributed by atoms with Gasteiger partial charge in [-0.3, -0.25) is 0 Å². The number of rotatable bonds is 5. The molecule has 0 radical (unpaired) electrons. The van der Waals surface area contributed by atoms with Gasteiger partial charge in [0.25, 0.3) is 0 Å². The van der Waals surface area contributed by atoms with E-state index in [-0.39, 0.29) is 0 Å².